The van der Waals surface area contributed by atoms with Crippen LogP contribution in [0.25, 0.3) is 11.3 Å². The number of thiazole rings is 1. The van der Waals surface area contributed by atoms with Crippen LogP contribution in [0.5, 0.6) is 0 Å². The van der Waals surface area contributed by atoms with E-state index in [1.54, 1.807) is 36.0 Å². The topological polar surface area (TPSA) is 86.8 Å². The number of likely N-dealkylation sites (tertiary alicyclic amines) is 1. The van der Waals surface area contributed by atoms with Crippen molar-refractivity contribution in [1.29, 1.82) is 5.26 Å². The predicted octanol–water partition coefficient (Wildman–Crippen LogP) is 5.04. The maximum atomic E-state index is 12.9. The first-order valence-electron chi connectivity index (χ1n) is 10.4. The number of piperidine rings is 1. The molecule has 3 aromatic rings. The van der Waals surface area contributed by atoms with Gasteiger partial charge in [0.2, 0.25) is 0 Å². The molecule has 0 bridgehead atoms. The van der Waals surface area contributed by atoms with E-state index in [0.717, 1.165) is 29.1 Å². The molecule has 2 amide bonds. The zero-order valence-corrected chi connectivity index (χ0v) is 18.8. The van der Waals surface area contributed by atoms with Gasteiger partial charge >= 0.3 is 6.03 Å². The average Bonchev–Trinajstić information content (AvgIpc) is 3.42. The summed E-state index contributed by atoms with van der Waals surface area (Å²) in [7, 11) is 0. The maximum Gasteiger partial charge on any atom is 0.322 e. The number of nitrogens with zero attached hydrogens (tertiary/aromatic N) is 5. The third kappa shape index (κ3) is 4.62. The summed E-state index contributed by atoms with van der Waals surface area (Å²) in [4.78, 5) is 23.6. The lowest BCUT2D eigenvalue weighted by molar-refractivity contribution is 0.194. The second kappa shape index (κ2) is 8.52. The molecule has 0 aliphatic carbocycles. The Morgan fingerprint density at radius 2 is 1.97 bits per heavy atom. The van der Waals surface area contributed by atoms with E-state index in [1.807, 2.05) is 42.4 Å². The number of hydrogen-bond acceptors (Lipinski definition) is 5. The van der Waals surface area contributed by atoms with Crippen LogP contribution in [-0.2, 0) is 5.54 Å². The summed E-state index contributed by atoms with van der Waals surface area (Å²) in [5.74, 6) is 1.02. The zero-order chi connectivity index (χ0) is 22.0. The molecule has 31 heavy (non-hydrogen) atoms. The molecule has 1 N–H and O–H groups in total. The molecule has 7 nitrogen and oxygen atoms in total. The number of carbonyl (C=O) groups is 1. The first-order chi connectivity index (χ1) is 14.8. The van der Waals surface area contributed by atoms with Gasteiger partial charge in [-0.05, 0) is 51.8 Å². The van der Waals surface area contributed by atoms with Crippen LogP contribution in [-0.4, -0.2) is 38.6 Å². The molecule has 1 saturated heterocycles. The third-order valence-corrected chi connectivity index (χ3v) is 6.54. The summed E-state index contributed by atoms with van der Waals surface area (Å²) in [6, 6.07) is 7.70. The van der Waals surface area contributed by atoms with Gasteiger partial charge < -0.3 is 9.47 Å². The van der Waals surface area contributed by atoms with Crippen molar-refractivity contribution in [3.05, 3.63) is 52.7 Å². The Balaban J connectivity index is 1.39. The lowest BCUT2D eigenvalue weighted by Crippen LogP contribution is -2.41. The van der Waals surface area contributed by atoms with Gasteiger partial charge in [0.15, 0.2) is 0 Å². The first kappa shape index (κ1) is 21.1. The van der Waals surface area contributed by atoms with E-state index in [9.17, 15) is 10.1 Å². The van der Waals surface area contributed by atoms with Crippen LogP contribution in [0.3, 0.4) is 0 Å². The summed E-state index contributed by atoms with van der Waals surface area (Å²) < 4.78 is 1.94. The molecule has 8 heteroatoms. The van der Waals surface area contributed by atoms with Crippen molar-refractivity contribution in [3.63, 3.8) is 0 Å². The fourth-order valence-corrected chi connectivity index (χ4v) is 4.82. The minimum atomic E-state index is -0.234. The fourth-order valence-electron chi connectivity index (χ4n) is 3.82. The van der Waals surface area contributed by atoms with Crippen LogP contribution in [0.2, 0.25) is 0 Å². The summed E-state index contributed by atoms with van der Waals surface area (Å²) >= 11 is 1.69. The van der Waals surface area contributed by atoms with Gasteiger partial charge in [0.25, 0.3) is 0 Å². The Bertz CT molecular complexity index is 1100. The molecule has 0 aromatic carbocycles. The Kier molecular flexibility index (Phi) is 5.79. The van der Waals surface area contributed by atoms with Crippen LogP contribution in [0.1, 0.15) is 50.1 Å². The van der Waals surface area contributed by atoms with Crippen molar-refractivity contribution >= 4 is 23.2 Å². The number of amides is 2. The van der Waals surface area contributed by atoms with Crippen molar-refractivity contribution in [3.8, 4) is 17.3 Å². The molecule has 1 fully saturated rings. The minimum absolute atomic E-state index is 0.122. The van der Waals surface area contributed by atoms with E-state index in [4.69, 9.17) is 4.98 Å². The van der Waals surface area contributed by atoms with Gasteiger partial charge in [-0.3, -0.25) is 10.3 Å². The van der Waals surface area contributed by atoms with Crippen molar-refractivity contribution in [2.45, 2.75) is 45.1 Å². The lowest BCUT2D eigenvalue weighted by atomic mass is 9.98. The standard InChI is InChI=1S/C23H26N6OS/c1-23(2,3)29-14-16(13-24)12-20(29)27-22(30)28-10-6-18(7-11-28)21-26-19(15-31-21)17-4-8-25-9-5-17/h4-5,8-9,12,14-15,18H,6-7,10-11H2,1-3H3,(H,27,30). The second-order valence-corrected chi connectivity index (χ2v) is 9.65. The molecule has 160 valence electrons. The highest BCUT2D eigenvalue weighted by Gasteiger charge is 2.27. The van der Waals surface area contributed by atoms with E-state index in [-0.39, 0.29) is 11.6 Å². The Morgan fingerprint density at radius 1 is 1.26 bits per heavy atom. The second-order valence-electron chi connectivity index (χ2n) is 8.76. The number of nitriles is 1. The molecular formula is C23H26N6OS. The number of hydrogen-bond donors (Lipinski definition) is 1. The molecule has 3 aromatic heterocycles. The third-order valence-electron chi connectivity index (χ3n) is 5.54. The van der Waals surface area contributed by atoms with E-state index in [1.165, 1.54) is 0 Å². The molecule has 0 saturated carbocycles. The molecule has 0 unspecified atom stereocenters. The number of rotatable bonds is 3. The number of anilines is 1. The molecule has 1 aliphatic heterocycles. The smallest absolute Gasteiger partial charge is 0.322 e. The zero-order valence-electron chi connectivity index (χ0n) is 18.0. The molecule has 4 rings (SSSR count). The van der Waals surface area contributed by atoms with Gasteiger partial charge in [-0.1, -0.05) is 0 Å². The fraction of sp³-hybridized carbons (Fsp3) is 0.391. The van der Waals surface area contributed by atoms with Crippen molar-refractivity contribution in [1.82, 2.24) is 19.4 Å². The molecule has 0 atom stereocenters. The van der Waals surface area contributed by atoms with E-state index >= 15 is 0 Å². The Hall–Kier alpha value is -3.18. The Morgan fingerprint density at radius 3 is 2.61 bits per heavy atom. The van der Waals surface area contributed by atoms with Crippen LogP contribution >= 0.6 is 11.3 Å². The maximum absolute atomic E-state index is 12.9. The molecule has 4 heterocycles. The van der Waals surface area contributed by atoms with E-state index < -0.39 is 0 Å². The minimum Gasteiger partial charge on any atom is -0.328 e. The molecule has 0 spiro atoms. The van der Waals surface area contributed by atoms with Gasteiger partial charge in [0.1, 0.15) is 11.9 Å². The van der Waals surface area contributed by atoms with Gasteiger partial charge in [0, 0.05) is 54.1 Å². The highest BCUT2D eigenvalue weighted by atomic mass is 32.1. The summed E-state index contributed by atoms with van der Waals surface area (Å²) in [5, 5.41) is 15.5. The van der Waals surface area contributed by atoms with Gasteiger partial charge in [-0.2, -0.15) is 5.26 Å². The van der Waals surface area contributed by atoms with Crippen LogP contribution in [0.4, 0.5) is 10.6 Å². The number of aromatic nitrogens is 3. The van der Waals surface area contributed by atoms with Crippen LogP contribution < -0.4 is 5.32 Å². The quantitative estimate of drug-likeness (QED) is 0.625. The first-order valence-corrected chi connectivity index (χ1v) is 11.3. The highest BCUT2D eigenvalue weighted by molar-refractivity contribution is 7.10. The van der Waals surface area contributed by atoms with Gasteiger partial charge in [-0.25, -0.2) is 9.78 Å². The number of carbonyl (C=O) groups excluding carboxylic acids is 1. The average molecular weight is 435 g/mol. The van der Waals surface area contributed by atoms with Gasteiger partial charge in [0.05, 0.1) is 16.3 Å². The van der Waals surface area contributed by atoms with Crippen LogP contribution in [0, 0.1) is 11.3 Å². The molecule has 1 aliphatic rings. The van der Waals surface area contributed by atoms with E-state index in [2.05, 4.69) is 21.8 Å². The number of pyridine rings is 1. The van der Waals surface area contributed by atoms with Crippen molar-refractivity contribution in [2.24, 2.45) is 0 Å². The monoisotopic (exact) mass is 434 g/mol. The summed E-state index contributed by atoms with van der Waals surface area (Å²) in [5.41, 5.74) is 2.37. The molecule has 0 radical (unpaired) electrons. The van der Waals surface area contributed by atoms with Crippen LogP contribution in [0.15, 0.2) is 42.2 Å². The number of urea groups is 1. The summed E-state index contributed by atoms with van der Waals surface area (Å²) in [6.45, 7) is 7.50. The Labute approximate surface area is 186 Å². The summed E-state index contributed by atoms with van der Waals surface area (Å²) in [6.07, 6.45) is 7.12. The predicted molar refractivity (Wildman–Crippen MR) is 122 cm³/mol. The lowest BCUT2D eigenvalue weighted by Gasteiger charge is -2.32. The van der Waals surface area contributed by atoms with E-state index in [0.29, 0.717) is 30.4 Å². The molecular weight excluding hydrogens is 408 g/mol. The normalized spacial score (nSPS) is 15.0. The SMILES string of the molecule is CC(C)(C)n1cc(C#N)cc1NC(=O)N1CCC(c2nc(-c3ccncc3)cs2)CC1. The van der Waals surface area contributed by atoms with Gasteiger partial charge in [-0.15, -0.1) is 11.3 Å². The van der Waals surface area contributed by atoms with Crippen molar-refractivity contribution < 1.29 is 4.79 Å². The largest absolute Gasteiger partial charge is 0.328 e. The number of nitrogens with one attached hydrogen (secondary N) is 1. The highest BCUT2D eigenvalue weighted by Crippen LogP contribution is 2.33. The van der Waals surface area contributed by atoms with Crippen molar-refractivity contribution in [2.75, 3.05) is 18.4 Å².